The molecule has 1 aromatic carbocycles. The molecule has 1 aromatic heterocycles. The van der Waals surface area contributed by atoms with Crippen molar-refractivity contribution < 1.29 is 18.3 Å². The zero-order valence-corrected chi connectivity index (χ0v) is 11.7. The van der Waals surface area contributed by atoms with Crippen LogP contribution in [0.3, 0.4) is 0 Å². The summed E-state index contributed by atoms with van der Waals surface area (Å²) >= 11 is 1.32. The molecule has 2 rings (SSSR count). The first-order chi connectivity index (χ1) is 8.90. The zero-order chi connectivity index (χ0) is 14.0. The number of hydrogen-bond acceptors (Lipinski definition) is 5. The van der Waals surface area contributed by atoms with E-state index in [1.807, 2.05) is 0 Å². The molecule has 0 aliphatic heterocycles. The molecule has 0 radical (unpaired) electrons. The molecular weight excluding hydrogens is 286 g/mol. The highest BCUT2D eigenvalue weighted by Crippen LogP contribution is 2.21. The average Bonchev–Trinajstić information content (AvgIpc) is 2.81. The lowest BCUT2D eigenvalue weighted by atomic mass is 10.1. The quantitative estimate of drug-likeness (QED) is 0.934. The van der Waals surface area contributed by atoms with E-state index in [0.29, 0.717) is 11.3 Å². The summed E-state index contributed by atoms with van der Waals surface area (Å²) in [7, 11) is -3.59. The highest BCUT2D eigenvalue weighted by Gasteiger charge is 2.20. The largest absolute Gasteiger partial charge is 0.478 e. The molecule has 19 heavy (non-hydrogen) atoms. The monoisotopic (exact) mass is 297 g/mol. The number of rotatable bonds is 4. The average molecular weight is 297 g/mol. The number of aromatic carboxylic acids is 1. The third-order valence-corrected chi connectivity index (χ3v) is 5.01. The van der Waals surface area contributed by atoms with E-state index < -0.39 is 15.8 Å². The Hall–Kier alpha value is -1.73. The third kappa shape index (κ3) is 2.99. The first kappa shape index (κ1) is 13.7. The van der Waals surface area contributed by atoms with Crippen molar-refractivity contribution >= 4 is 27.1 Å². The second-order valence-corrected chi connectivity index (χ2v) is 6.70. The number of aryl methyl sites for hydroxylation is 1. The van der Waals surface area contributed by atoms with E-state index in [-0.39, 0.29) is 16.2 Å². The lowest BCUT2D eigenvalue weighted by Crippen LogP contribution is -2.09. The molecule has 0 bridgehead atoms. The van der Waals surface area contributed by atoms with E-state index >= 15 is 0 Å². The minimum atomic E-state index is -3.59. The summed E-state index contributed by atoms with van der Waals surface area (Å²) in [5, 5.41) is 10.6. The molecule has 5 nitrogen and oxygen atoms in total. The standard InChI is InChI=1S/C12H11NO4S2/c1-8-2-3-9(12(14)15)4-11(8)19(16,17)6-10-5-18-7-13-10/h2-5,7H,6H2,1H3,(H,14,15). The molecule has 0 unspecified atom stereocenters. The first-order valence-electron chi connectivity index (χ1n) is 5.34. The summed E-state index contributed by atoms with van der Waals surface area (Å²) in [6, 6.07) is 4.08. The molecule has 7 heteroatoms. The predicted molar refractivity (Wildman–Crippen MR) is 71.1 cm³/mol. The molecule has 0 aliphatic rings. The Bertz CT molecular complexity index is 705. The van der Waals surface area contributed by atoms with E-state index in [4.69, 9.17) is 5.11 Å². The summed E-state index contributed by atoms with van der Waals surface area (Å²) < 4.78 is 24.5. The van der Waals surface area contributed by atoms with Crippen molar-refractivity contribution in [1.82, 2.24) is 4.98 Å². The Morgan fingerprint density at radius 3 is 2.74 bits per heavy atom. The van der Waals surface area contributed by atoms with Crippen LogP contribution in [0.1, 0.15) is 21.6 Å². The van der Waals surface area contributed by atoms with Crippen molar-refractivity contribution in [1.29, 1.82) is 0 Å². The van der Waals surface area contributed by atoms with Gasteiger partial charge in [-0.2, -0.15) is 0 Å². The second kappa shape index (κ2) is 5.10. The van der Waals surface area contributed by atoms with Crippen molar-refractivity contribution in [2.24, 2.45) is 0 Å². The van der Waals surface area contributed by atoms with E-state index in [1.165, 1.54) is 29.5 Å². The van der Waals surface area contributed by atoms with Crippen LogP contribution < -0.4 is 0 Å². The van der Waals surface area contributed by atoms with Crippen LogP contribution in [0.4, 0.5) is 0 Å². The van der Waals surface area contributed by atoms with Gasteiger partial charge in [-0.15, -0.1) is 11.3 Å². The molecule has 1 heterocycles. The summed E-state index contributed by atoms with van der Waals surface area (Å²) in [5.41, 5.74) is 2.51. The molecule has 1 N–H and O–H groups in total. The summed E-state index contributed by atoms with van der Waals surface area (Å²) in [5.74, 6) is -1.37. The van der Waals surface area contributed by atoms with Gasteiger partial charge in [0, 0.05) is 5.38 Å². The smallest absolute Gasteiger partial charge is 0.335 e. The molecule has 0 spiro atoms. The molecule has 0 amide bonds. The molecule has 2 aromatic rings. The predicted octanol–water partition coefficient (Wildman–Crippen LogP) is 2.12. The van der Waals surface area contributed by atoms with E-state index in [9.17, 15) is 13.2 Å². The topological polar surface area (TPSA) is 84.3 Å². The fourth-order valence-corrected chi connectivity index (χ4v) is 3.88. The minimum Gasteiger partial charge on any atom is -0.478 e. The molecule has 0 fully saturated rings. The Balaban J connectivity index is 2.45. The van der Waals surface area contributed by atoms with Gasteiger partial charge in [-0.05, 0) is 24.6 Å². The fourth-order valence-electron chi connectivity index (χ4n) is 1.65. The summed E-state index contributed by atoms with van der Waals surface area (Å²) in [6.07, 6.45) is 0. The first-order valence-corrected chi connectivity index (χ1v) is 7.93. The van der Waals surface area contributed by atoms with Crippen LogP contribution in [-0.2, 0) is 15.6 Å². The number of benzene rings is 1. The van der Waals surface area contributed by atoms with Crippen LogP contribution in [0.2, 0.25) is 0 Å². The van der Waals surface area contributed by atoms with Gasteiger partial charge < -0.3 is 5.11 Å². The number of thiazole rings is 1. The van der Waals surface area contributed by atoms with Gasteiger partial charge in [0.2, 0.25) is 0 Å². The molecule has 0 atom stereocenters. The SMILES string of the molecule is Cc1ccc(C(=O)O)cc1S(=O)(=O)Cc1cscn1. The van der Waals surface area contributed by atoms with Crippen LogP contribution in [-0.4, -0.2) is 24.5 Å². The number of aromatic nitrogens is 1. The molecule has 0 saturated carbocycles. The number of nitrogens with zero attached hydrogens (tertiary/aromatic N) is 1. The van der Waals surface area contributed by atoms with Gasteiger partial charge in [0.15, 0.2) is 9.84 Å². The van der Waals surface area contributed by atoms with E-state index in [2.05, 4.69) is 4.98 Å². The van der Waals surface area contributed by atoms with Crippen LogP contribution >= 0.6 is 11.3 Å². The maximum absolute atomic E-state index is 12.3. The van der Waals surface area contributed by atoms with Crippen molar-refractivity contribution in [2.45, 2.75) is 17.6 Å². The number of carbonyl (C=O) groups is 1. The minimum absolute atomic E-state index is 0.0394. The molecule has 0 saturated heterocycles. The van der Waals surface area contributed by atoms with Gasteiger partial charge in [0.25, 0.3) is 0 Å². The Kier molecular flexibility index (Phi) is 3.68. The zero-order valence-electron chi connectivity index (χ0n) is 10.0. The molecular formula is C12H11NO4S2. The molecule has 100 valence electrons. The van der Waals surface area contributed by atoms with Crippen molar-refractivity contribution in [3.63, 3.8) is 0 Å². The van der Waals surface area contributed by atoms with Crippen LogP contribution in [0.25, 0.3) is 0 Å². The third-order valence-electron chi connectivity index (χ3n) is 2.59. The van der Waals surface area contributed by atoms with Crippen LogP contribution in [0.5, 0.6) is 0 Å². The van der Waals surface area contributed by atoms with Gasteiger partial charge in [-0.25, -0.2) is 18.2 Å². The van der Waals surface area contributed by atoms with Crippen LogP contribution in [0, 0.1) is 6.92 Å². The maximum atomic E-state index is 12.3. The van der Waals surface area contributed by atoms with E-state index in [1.54, 1.807) is 17.8 Å². The summed E-state index contributed by atoms with van der Waals surface area (Å²) in [4.78, 5) is 14.9. The van der Waals surface area contributed by atoms with Gasteiger partial charge in [-0.3, -0.25) is 0 Å². The normalized spacial score (nSPS) is 11.4. The lowest BCUT2D eigenvalue weighted by Gasteiger charge is -2.07. The fraction of sp³-hybridized carbons (Fsp3) is 0.167. The van der Waals surface area contributed by atoms with Gasteiger partial charge in [-0.1, -0.05) is 6.07 Å². The Morgan fingerprint density at radius 2 is 2.16 bits per heavy atom. The number of hydrogen-bond donors (Lipinski definition) is 1. The number of carboxylic acids is 1. The Morgan fingerprint density at radius 1 is 1.42 bits per heavy atom. The molecule has 0 aliphatic carbocycles. The highest BCUT2D eigenvalue weighted by atomic mass is 32.2. The number of carboxylic acid groups (broad SMARTS) is 1. The Labute approximate surface area is 114 Å². The van der Waals surface area contributed by atoms with Gasteiger partial charge in [0.05, 0.1) is 27.4 Å². The van der Waals surface area contributed by atoms with Gasteiger partial charge in [0.1, 0.15) is 0 Å². The maximum Gasteiger partial charge on any atom is 0.335 e. The van der Waals surface area contributed by atoms with Crippen molar-refractivity contribution in [3.05, 3.63) is 45.9 Å². The number of sulfone groups is 1. The van der Waals surface area contributed by atoms with Crippen molar-refractivity contribution in [2.75, 3.05) is 0 Å². The lowest BCUT2D eigenvalue weighted by molar-refractivity contribution is 0.0696. The van der Waals surface area contributed by atoms with Crippen LogP contribution in [0.15, 0.2) is 34.0 Å². The van der Waals surface area contributed by atoms with Crippen molar-refractivity contribution in [3.8, 4) is 0 Å². The highest BCUT2D eigenvalue weighted by molar-refractivity contribution is 7.90. The second-order valence-electron chi connectivity index (χ2n) is 4.02. The van der Waals surface area contributed by atoms with E-state index in [0.717, 1.165) is 0 Å². The summed E-state index contributed by atoms with van der Waals surface area (Å²) in [6.45, 7) is 1.64. The van der Waals surface area contributed by atoms with Gasteiger partial charge >= 0.3 is 5.97 Å².